The van der Waals surface area contributed by atoms with Crippen molar-refractivity contribution in [2.24, 2.45) is 7.05 Å². The Morgan fingerprint density at radius 2 is 2.10 bits per heavy atom. The number of carbonyl (C=O) groups excluding carboxylic acids is 2. The standard InChI is InChI=1S/C15H23N3O3/c1-18-10-4-7-12(18)13(19)8-9-16-14(20)15(21)17-11-5-2-3-6-11/h4,7,10-11,13,19H,2-3,5-6,8-9H2,1H3,(H,16,20)(H,17,21)/t13-/m1/s1. The zero-order valence-electron chi connectivity index (χ0n) is 12.3. The van der Waals surface area contributed by atoms with E-state index in [-0.39, 0.29) is 12.6 Å². The Balaban J connectivity index is 1.69. The van der Waals surface area contributed by atoms with Crippen molar-refractivity contribution in [1.29, 1.82) is 0 Å². The predicted molar refractivity (Wildman–Crippen MR) is 78.4 cm³/mol. The maximum Gasteiger partial charge on any atom is 0.309 e. The van der Waals surface area contributed by atoms with Gasteiger partial charge in [-0.3, -0.25) is 9.59 Å². The largest absolute Gasteiger partial charge is 0.387 e. The van der Waals surface area contributed by atoms with Crippen LogP contribution in [0.1, 0.15) is 43.9 Å². The highest BCUT2D eigenvalue weighted by Crippen LogP contribution is 2.17. The summed E-state index contributed by atoms with van der Waals surface area (Å²) >= 11 is 0. The van der Waals surface area contributed by atoms with Crippen molar-refractivity contribution >= 4 is 11.8 Å². The summed E-state index contributed by atoms with van der Waals surface area (Å²) < 4.78 is 1.83. The summed E-state index contributed by atoms with van der Waals surface area (Å²) in [5, 5.41) is 15.3. The lowest BCUT2D eigenvalue weighted by molar-refractivity contribution is -0.139. The Morgan fingerprint density at radius 3 is 2.71 bits per heavy atom. The topological polar surface area (TPSA) is 83.4 Å². The van der Waals surface area contributed by atoms with Gasteiger partial charge in [0.25, 0.3) is 0 Å². The minimum Gasteiger partial charge on any atom is -0.387 e. The van der Waals surface area contributed by atoms with Gasteiger partial charge in [0.05, 0.1) is 6.10 Å². The lowest BCUT2D eigenvalue weighted by atomic mass is 10.2. The molecule has 3 N–H and O–H groups in total. The monoisotopic (exact) mass is 293 g/mol. The van der Waals surface area contributed by atoms with Crippen LogP contribution in [0.5, 0.6) is 0 Å². The first-order valence-electron chi connectivity index (χ1n) is 7.46. The van der Waals surface area contributed by atoms with Crippen LogP contribution in [-0.2, 0) is 16.6 Å². The SMILES string of the molecule is Cn1cccc1[C@H](O)CCNC(=O)C(=O)NC1CCCC1. The van der Waals surface area contributed by atoms with Gasteiger partial charge in [-0.1, -0.05) is 12.8 Å². The molecule has 0 unspecified atom stereocenters. The molecule has 1 aromatic heterocycles. The molecule has 0 aromatic carbocycles. The molecule has 116 valence electrons. The van der Waals surface area contributed by atoms with E-state index < -0.39 is 17.9 Å². The molecule has 1 aliphatic carbocycles. The van der Waals surface area contributed by atoms with Crippen molar-refractivity contribution in [3.8, 4) is 0 Å². The number of nitrogens with zero attached hydrogens (tertiary/aromatic N) is 1. The molecule has 1 fully saturated rings. The van der Waals surface area contributed by atoms with E-state index in [2.05, 4.69) is 10.6 Å². The van der Waals surface area contributed by atoms with Crippen molar-refractivity contribution in [3.05, 3.63) is 24.0 Å². The maximum atomic E-state index is 11.7. The average Bonchev–Trinajstić information content (AvgIpc) is 3.09. The van der Waals surface area contributed by atoms with Crippen LogP contribution >= 0.6 is 0 Å². The summed E-state index contributed by atoms with van der Waals surface area (Å²) in [4.78, 5) is 23.3. The third-order valence-corrected chi connectivity index (χ3v) is 3.93. The van der Waals surface area contributed by atoms with Crippen LogP contribution < -0.4 is 10.6 Å². The van der Waals surface area contributed by atoms with E-state index in [4.69, 9.17) is 0 Å². The number of carbonyl (C=O) groups is 2. The summed E-state index contributed by atoms with van der Waals surface area (Å²) in [7, 11) is 1.85. The summed E-state index contributed by atoms with van der Waals surface area (Å²) in [5.74, 6) is -1.20. The third kappa shape index (κ3) is 4.32. The number of rotatable bonds is 5. The molecule has 1 atom stereocenters. The smallest absolute Gasteiger partial charge is 0.309 e. The molecule has 1 heterocycles. The van der Waals surface area contributed by atoms with E-state index in [0.29, 0.717) is 6.42 Å². The number of aromatic nitrogens is 1. The van der Waals surface area contributed by atoms with Crippen LogP contribution in [0.4, 0.5) is 0 Å². The first-order chi connectivity index (χ1) is 10.1. The number of amides is 2. The van der Waals surface area contributed by atoms with Crippen LogP contribution in [0.3, 0.4) is 0 Å². The molecule has 0 spiro atoms. The zero-order valence-corrected chi connectivity index (χ0v) is 12.3. The summed E-state index contributed by atoms with van der Waals surface area (Å²) in [6.07, 6.45) is 5.69. The van der Waals surface area contributed by atoms with Crippen molar-refractivity contribution in [2.45, 2.75) is 44.2 Å². The van der Waals surface area contributed by atoms with Gasteiger partial charge in [-0.05, 0) is 31.4 Å². The Kier molecular flexibility index (Phi) is 5.38. The summed E-state index contributed by atoms with van der Waals surface area (Å²) in [6, 6.07) is 3.82. The molecule has 21 heavy (non-hydrogen) atoms. The van der Waals surface area contributed by atoms with Crippen LogP contribution in [0.25, 0.3) is 0 Å². The van der Waals surface area contributed by atoms with Gasteiger partial charge in [0, 0.05) is 31.5 Å². The van der Waals surface area contributed by atoms with E-state index in [1.54, 1.807) is 0 Å². The molecule has 2 rings (SSSR count). The molecule has 1 saturated carbocycles. The number of hydrogen-bond donors (Lipinski definition) is 3. The fourth-order valence-electron chi connectivity index (χ4n) is 2.69. The Morgan fingerprint density at radius 1 is 1.38 bits per heavy atom. The van der Waals surface area contributed by atoms with Gasteiger partial charge in [0.2, 0.25) is 0 Å². The normalized spacial score (nSPS) is 16.7. The van der Waals surface area contributed by atoms with Gasteiger partial charge in [0.1, 0.15) is 0 Å². The molecule has 0 bridgehead atoms. The molecule has 6 nitrogen and oxygen atoms in total. The minimum absolute atomic E-state index is 0.136. The average molecular weight is 293 g/mol. The molecule has 0 radical (unpaired) electrons. The van der Waals surface area contributed by atoms with Crippen molar-refractivity contribution in [1.82, 2.24) is 15.2 Å². The van der Waals surface area contributed by atoms with Gasteiger partial charge in [-0.15, -0.1) is 0 Å². The van der Waals surface area contributed by atoms with E-state index in [1.807, 2.05) is 29.9 Å². The van der Waals surface area contributed by atoms with Gasteiger partial charge >= 0.3 is 11.8 Å². The number of hydrogen-bond acceptors (Lipinski definition) is 3. The van der Waals surface area contributed by atoms with Gasteiger partial charge in [-0.25, -0.2) is 0 Å². The minimum atomic E-state index is -0.650. The highest BCUT2D eigenvalue weighted by molar-refractivity contribution is 6.35. The van der Waals surface area contributed by atoms with Gasteiger partial charge < -0.3 is 20.3 Å². The van der Waals surface area contributed by atoms with E-state index in [0.717, 1.165) is 31.4 Å². The predicted octanol–water partition coefficient (Wildman–Crippen LogP) is 0.624. The molecule has 0 saturated heterocycles. The number of aliphatic hydroxyl groups excluding tert-OH is 1. The number of aryl methyl sites for hydroxylation is 1. The summed E-state index contributed by atoms with van der Waals surface area (Å²) in [6.45, 7) is 0.267. The molecule has 2 amide bonds. The molecule has 6 heteroatoms. The fraction of sp³-hybridized carbons (Fsp3) is 0.600. The second-order valence-corrected chi connectivity index (χ2v) is 5.56. The van der Waals surface area contributed by atoms with Crippen LogP contribution in [0, 0.1) is 0 Å². The lowest BCUT2D eigenvalue weighted by Gasteiger charge is -2.14. The Labute approximate surface area is 124 Å². The van der Waals surface area contributed by atoms with E-state index >= 15 is 0 Å². The Hall–Kier alpha value is -1.82. The van der Waals surface area contributed by atoms with Gasteiger partial charge in [-0.2, -0.15) is 0 Å². The molecule has 0 aliphatic heterocycles. The van der Waals surface area contributed by atoms with Crippen LogP contribution in [0.2, 0.25) is 0 Å². The third-order valence-electron chi connectivity index (χ3n) is 3.93. The lowest BCUT2D eigenvalue weighted by Crippen LogP contribution is -2.44. The Bertz CT molecular complexity index is 492. The summed E-state index contributed by atoms with van der Waals surface area (Å²) in [5.41, 5.74) is 0.791. The first-order valence-corrected chi connectivity index (χ1v) is 7.46. The second-order valence-electron chi connectivity index (χ2n) is 5.56. The highest BCUT2D eigenvalue weighted by atomic mass is 16.3. The highest BCUT2D eigenvalue weighted by Gasteiger charge is 2.21. The van der Waals surface area contributed by atoms with Crippen LogP contribution in [0.15, 0.2) is 18.3 Å². The van der Waals surface area contributed by atoms with Crippen molar-refractivity contribution in [2.75, 3.05) is 6.54 Å². The zero-order chi connectivity index (χ0) is 15.2. The molecular weight excluding hydrogens is 270 g/mol. The molecule has 1 aliphatic rings. The molecule has 1 aromatic rings. The van der Waals surface area contributed by atoms with E-state index in [9.17, 15) is 14.7 Å². The number of aliphatic hydroxyl groups is 1. The van der Waals surface area contributed by atoms with Gasteiger partial charge in [0.15, 0.2) is 0 Å². The number of nitrogens with one attached hydrogen (secondary N) is 2. The second kappa shape index (κ2) is 7.26. The van der Waals surface area contributed by atoms with Crippen molar-refractivity contribution in [3.63, 3.8) is 0 Å². The fourth-order valence-corrected chi connectivity index (χ4v) is 2.69. The van der Waals surface area contributed by atoms with Crippen LogP contribution in [-0.4, -0.2) is 34.1 Å². The maximum absolute atomic E-state index is 11.7. The van der Waals surface area contributed by atoms with Crippen molar-refractivity contribution < 1.29 is 14.7 Å². The molecular formula is C15H23N3O3. The van der Waals surface area contributed by atoms with E-state index in [1.165, 1.54) is 0 Å². The quantitative estimate of drug-likeness (QED) is 0.696. The first kappa shape index (κ1) is 15.6.